The summed E-state index contributed by atoms with van der Waals surface area (Å²) in [6, 6.07) is 30.7. The smallest absolute Gasteiger partial charge is 0.0723 e. The van der Waals surface area contributed by atoms with E-state index in [0.717, 1.165) is 11.9 Å². The summed E-state index contributed by atoms with van der Waals surface area (Å²) in [5.41, 5.74) is 10.3. The van der Waals surface area contributed by atoms with E-state index in [1.807, 2.05) is 6.20 Å². The molecule has 0 radical (unpaired) electrons. The zero-order chi connectivity index (χ0) is 20.5. The van der Waals surface area contributed by atoms with Gasteiger partial charge in [-0.2, -0.15) is 0 Å². The Morgan fingerprint density at radius 1 is 0.742 bits per heavy atom. The summed E-state index contributed by atoms with van der Waals surface area (Å²) >= 11 is 0. The first-order chi connectivity index (χ1) is 15.3. The molecule has 1 aliphatic rings. The Morgan fingerprint density at radius 3 is 2.45 bits per heavy atom. The van der Waals surface area contributed by atoms with Crippen molar-refractivity contribution in [3.05, 3.63) is 108 Å². The van der Waals surface area contributed by atoms with Gasteiger partial charge in [0.15, 0.2) is 0 Å². The summed E-state index contributed by atoms with van der Waals surface area (Å²) in [4.78, 5) is 4.72. The molecule has 4 aromatic carbocycles. The number of benzene rings is 4. The van der Waals surface area contributed by atoms with E-state index >= 15 is 0 Å². The molecule has 2 aromatic heterocycles. The number of rotatable bonds is 1. The van der Waals surface area contributed by atoms with E-state index in [4.69, 9.17) is 4.98 Å². The topological polar surface area (TPSA) is 17.8 Å². The molecule has 1 aliphatic carbocycles. The molecule has 31 heavy (non-hydrogen) atoms. The zero-order valence-electron chi connectivity index (χ0n) is 17.3. The molecule has 2 heteroatoms. The maximum Gasteiger partial charge on any atom is 0.0723 e. The monoisotopic (exact) mass is 396 g/mol. The van der Waals surface area contributed by atoms with Gasteiger partial charge in [0.05, 0.1) is 22.4 Å². The maximum atomic E-state index is 4.72. The van der Waals surface area contributed by atoms with Crippen molar-refractivity contribution in [2.24, 2.45) is 0 Å². The van der Waals surface area contributed by atoms with E-state index in [2.05, 4.69) is 96.4 Å². The van der Waals surface area contributed by atoms with Crippen LogP contribution in [0.25, 0.3) is 49.5 Å². The molecule has 0 saturated carbocycles. The van der Waals surface area contributed by atoms with Crippen LogP contribution in [0.1, 0.15) is 16.7 Å². The van der Waals surface area contributed by atoms with Crippen LogP contribution in [0.3, 0.4) is 0 Å². The molecular weight excluding hydrogens is 376 g/mol. The minimum atomic E-state index is 0.982. The van der Waals surface area contributed by atoms with Gasteiger partial charge in [-0.3, -0.25) is 4.98 Å². The second-order valence-electron chi connectivity index (χ2n) is 8.49. The standard InChI is InChI=1S/C29H20N2/c1-18-17-30-26-13-7-6-12-24(26)27(18)31-28-21-10-4-2-8-19(21)14-15-23(28)25-16-20-9-3-5-11-22(20)29(25)31/h2-15,17H,16H2,1H3. The van der Waals surface area contributed by atoms with Gasteiger partial charge in [0.2, 0.25) is 0 Å². The summed E-state index contributed by atoms with van der Waals surface area (Å²) in [7, 11) is 0. The summed E-state index contributed by atoms with van der Waals surface area (Å²) in [5.74, 6) is 0. The van der Waals surface area contributed by atoms with Gasteiger partial charge >= 0.3 is 0 Å². The molecule has 6 aromatic rings. The molecule has 0 atom stereocenters. The van der Waals surface area contributed by atoms with E-state index in [-0.39, 0.29) is 0 Å². The highest BCUT2D eigenvalue weighted by Crippen LogP contribution is 2.47. The van der Waals surface area contributed by atoms with Crippen LogP contribution >= 0.6 is 0 Å². The second kappa shape index (κ2) is 6.05. The van der Waals surface area contributed by atoms with E-state index in [0.29, 0.717) is 0 Å². The summed E-state index contributed by atoms with van der Waals surface area (Å²) < 4.78 is 2.53. The molecule has 146 valence electrons. The van der Waals surface area contributed by atoms with E-state index < -0.39 is 0 Å². The highest BCUT2D eigenvalue weighted by Gasteiger charge is 2.29. The Kier molecular flexibility index (Phi) is 3.29. The highest BCUT2D eigenvalue weighted by molar-refractivity contribution is 6.12. The van der Waals surface area contributed by atoms with Crippen molar-refractivity contribution in [2.75, 3.05) is 0 Å². The van der Waals surface area contributed by atoms with Crippen LogP contribution in [0.5, 0.6) is 0 Å². The lowest BCUT2D eigenvalue weighted by Crippen LogP contribution is -2.02. The predicted molar refractivity (Wildman–Crippen MR) is 129 cm³/mol. The quantitative estimate of drug-likeness (QED) is 0.287. The Bertz CT molecular complexity index is 1670. The molecule has 2 nitrogen and oxygen atoms in total. The average molecular weight is 396 g/mol. The van der Waals surface area contributed by atoms with Gasteiger partial charge < -0.3 is 4.57 Å². The van der Waals surface area contributed by atoms with E-state index in [1.54, 1.807) is 0 Å². The third-order valence-electron chi connectivity index (χ3n) is 6.75. The molecule has 0 fully saturated rings. The van der Waals surface area contributed by atoms with Gasteiger partial charge in [0.1, 0.15) is 0 Å². The van der Waals surface area contributed by atoms with Crippen LogP contribution in [0.2, 0.25) is 0 Å². The number of aryl methyl sites for hydroxylation is 1. The predicted octanol–water partition coefficient (Wildman–Crippen LogP) is 7.21. The van der Waals surface area contributed by atoms with Gasteiger partial charge in [-0.25, -0.2) is 0 Å². The fourth-order valence-electron chi connectivity index (χ4n) is 5.42. The largest absolute Gasteiger partial charge is 0.307 e. The Balaban J connectivity index is 1.76. The van der Waals surface area contributed by atoms with Gasteiger partial charge in [0.25, 0.3) is 0 Å². The molecular formula is C29H20N2. The first kappa shape index (κ1) is 16.8. The van der Waals surface area contributed by atoms with Crippen molar-refractivity contribution in [1.29, 1.82) is 0 Å². The Hall–Kier alpha value is -3.91. The number of fused-ring (bicyclic) bond motifs is 8. The lowest BCUT2D eigenvalue weighted by atomic mass is 10.0. The summed E-state index contributed by atoms with van der Waals surface area (Å²) in [6.45, 7) is 2.18. The number of nitrogens with zero attached hydrogens (tertiary/aromatic N) is 2. The highest BCUT2D eigenvalue weighted by atomic mass is 15.0. The summed E-state index contributed by atoms with van der Waals surface area (Å²) in [6.07, 6.45) is 3.00. The first-order valence-electron chi connectivity index (χ1n) is 10.8. The second-order valence-corrected chi connectivity index (χ2v) is 8.49. The number of para-hydroxylation sites is 1. The van der Waals surface area contributed by atoms with E-state index in [1.165, 1.54) is 60.7 Å². The Labute approximate surface area is 180 Å². The Morgan fingerprint density at radius 2 is 1.52 bits per heavy atom. The molecule has 2 heterocycles. The number of hydrogen-bond acceptors (Lipinski definition) is 1. The van der Waals surface area contributed by atoms with Crippen molar-refractivity contribution < 1.29 is 0 Å². The third kappa shape index (κ3) is 2.19. The normalized spacial score (nSPS) is 12.5. The SMILES string of the molecule is Cc1cnc2ccccc2c1-n1c2c(c3ccc4ccccc4c31)Cc1ccccc1-2. The van der Waals surface area contributed by atoms with Crippen molar-refractivity contribution in [3.8, 4) is 16.9 Å². The van der Waals surface area contributed by atoms with Gasteiger partial charge in [-0.15, -0.1) is 0 Å². The van der Waals surface area contributed by atoms with Crippen LogP contribution < -0.4 is 0 Å². The number of pyridine rings is 1. The molecule has 0 amide bonds. The summed E-state index contributed by atoms with van der Waals surface area (Å²) in [5, 5.41) is 5.12. The van der Waals surface area contributed by atoms with Crippen LogP contribution in [0.15, 0.2) is 91.1 Å². The maximum absolute atomic E-state index is 4.72. The van der Waals surface area contributed by atoms with Crippen LogP contribution in [-0.4, -0.2) is 9.55 Å². The number of aromatic nitrogens is 2. The molecule has 7 rings (SSSR count). The lowest BCUT2D eigenvalue weighted by Gasteiger charge is -2.17. The van der Waals surface area contributed by atoms with Crippen molar-refractivity contribution in [2.45, 2.75) is 13.3 Å². The molecule has 0 unspecified atom stereocenters. The van der Waals surface area contributed by atoms with Gasteiger partial charge in [-0.1, -0.05) is 78.9 Å². The average Bonchev–Trinajstić information content (AvgIpc) is 3.34. The van der Waals surface area contributed by atoms with Gasteiger partial charge in [0, 0.05) is 34.3 Å². The fourth-order valence-corrected chi connectivity index (χ4v) is 5.42. The third-order valence-corrected chi connectivity index (χ3v) is 6.75. The molecule has 0 bridgehead atoms. The minimum Gasteiger partial charge on any atom is -0.307 e. The lowest BCUT2D eigenvalue weighted by molar-refractivity contribution is 1.12. The van der Waals surface area contributed by atoms with Crippen LogP contribution in [0.4, 0.5) is 0 Å². The van der Waals surface area contributed by atoms with Crippen LogP contribution in [0, 0.1) is 6.92 Å². The molecule has 0 N–H and O–H groups in total. The molecule has 0 aliphatic heterocycles. The van der Waals surface area contributed by atoms with Crippen molar-refractivity contribution in [1.82, 2.24) is 9.55 Å². The minimum absolute atomic E-state index is 0.982. The van der Waals surface area contributed by atoms with Gasteiger partial charge in [-0.05, 0) is 35.1 Å². The first-order valence-corrected chi connectivity index (χ1v) is 10.8. The van der Waals surface area contributed by atoms with Crippen molar-refractivity contribution in [3.63, 3.8) is 0 Å². The zero-order valence-corrected chi connectivity index (χ0v) is 17.3. The van der Waals surface area contributed by atoms with Crippen molar-refractivity contribution >= 4 is 32.6 Å². The molecule has 0 saturated heterocycles. The van der Waals surface area contributed by atoms with E-state index in [9.17, 15) is 0 Å². The number of hydrogen-bond donors (Lipinski definition) is 0. The van der Waals surface area contributed by atoms with Crippen LogP contribution in [-0.2, 0) is 6.42 Å². The molecule has 0 spiro atoms. The fraction of sp³-hybridized carbons (Fsp3) is 0.0690.